The van der Waals surface area contributed by atoms with E-state index in [1.165, 1.54) is 29.4 Å². The van der Waals surface area contributed by atoms with Crippen LogP contribution >= 0.6 is 0 Å². The van der Waals surface area contributed by atoms with E-state index >= 15 is 0 Å². The molecule has 3 aromatic rings. The number of hydrogen-bond donors (Lipinski definition) is 1. The number of nitrogens with one attached hydrogen (secondary N) is 1. The second-order valence-electron chi connectivity index (χ2n) is 6.47. The Morgan fingerprint density at radius 3 is 1.65 bits per heavy atom. The number of aryl methyl sites for hydroxylation is 2. The lowest BCUT2D eigenvalue weighted by molar-refractivity contribution is 0.0601. The number of anilines is 1. The fourth-order valence-electron chi connectivity index (χ4n) is 2.86. The molecule has 0 bridgehead atoms. The Labute approximate surface area is 154 Å². The SMILES string of the molecule is COC(=O)c1ccc(NC(c2ccc(C)cc2)c2ccc(C)cc2)cc1. The minimum atomic E-state index is -0.329. The summed E-state index contributed by atoms with van der Waals surface area (Å²) in [6.07, 6.45) is 0. The van der Waals surface area contributed by atoms with Gasteiger partial charge in [-0.15, -0.1) is 0 Å². The van der Waals surface area contributed by atoms with Gasteiger partial charge in [-0.25, -0.2) is 4.79 Å². The average molecular weight is 345 g/mol. The summed E-state index contributed by atoms with van der Waals surface area (Å²) in [7, 11) is 1.39. The highest BCUT2D eigenvalue weighted by molar-refractivity contribution is 5.89. The first-order valence-corrected chi connectivity index (χ1v) is 8.65. The molecule has 0 heterocycles. The molecule has 132 valence electrons. The van der Waals surface area contributed by atoms with Crippen molar-refractivity contribution in [1.29, 1.82) is 0 Å². The van der Waals surface area contributed by atoms with Crippen molar-refractivity contribution in [3.63, 3.8) is 0 Å². The summed E-state index contributed by atoms with van der Waals surface area (Å²) in [4.78, 5) is 11.6. The molecule has 3 nitrogen and oxygen atoms in total. The van der Waals surface area contributed by atoms with Crippen molar-refractivity contribution in [2.45, 2.75) is 19.9 Å². The van der Waals surface area contributed by atoms with Crippen molar-refractivity contribution in [2.75, 3.05) is 12.4 Å². The summed E-state index contributed by atoms with van der Waals surface area (Å²) in [5, 5.41) is 3.58. The maximum Gasteiger partial charge on any atom is 0.337 e. The molecule has 3 rings (SSSR count). The maximum absolute atomic E-state index is 11.6. The Hall–Kier alpha value is -3.07. The van der Waals surface area contributed by atoms with Gasteiger partial charge in [-0.1, -0.05) is 59.7 Å². The van der Waals surface area contributed by atoms with Gasteiger partial charge in [0.25, 0.3) is 0 Å². The van der Waals surface area contributed by atoms with Crippen molar-refractivity contribution in [3.8, 4) is 0 Å². The molecule has 0 atom stereocenters. The van der Waals surface area contributed by atoms with E-state index in [0.717, 1.165) is 5.69 Å². The number of carbonyl (C=O) groups is 1. The van der Waals surface area contributed by atoms with Gasteiger partial charge in [0.05, 0.1) is 18.7 Å². The molecule has 0 aliphatic carbocycles. The first kappa shape index (κ1) is 17.7. The molecular weight excluding hydrogens is 322 g/mol. The van der Waals surface area contributed by atoms with Crippen molar-refractivity contribution < 1.29 is 9.53 Å². The quantitative estimate of drug-likeness (QED) is 0.638. The lowest BCUT2D eigenvalue weighted by Crippen LogP contribution is -2.12. The molecule has 3 aromatic carbocycles. The van der Waals surface area contributed by atoms with Crippen LogP contribution in [0, 0.1) is 13.8 Å². The molecular formula is C23H23NO2. The van der Waals surface area contributed by atoms with E-state index in [1.54, 1.807) is 12.1 Å². The monoisotopic (exact) mass is 345 g/mol. The summed E-state index contributed by atoms with van der Waals surface area (Å²) in [5.74, 6) is -0.329. The van der Waals surface area contributed by atoms with Gasteiger partial charge in [-0.3, -0.25) is 0 Å². The predicted octanol–water partition coefficient (Wildman–Crippen LogP) is 5.29. The number of rotatable bonds is 5. The Balaban J connectivity index is 1.91. The van der Waals surface area contributed by atoms with Gasteiger partial charge >= 0.3 is 5.97 Å². The van der Waals surface area contributed by atoms with Crippen LogP contribution in [-0.2, 0) is 4.74 Å². The summed E-state index contributed by atoms with van der Waals surface area (Å²) < 4.78 is 4.76. The Morgan fingerprint density at radius 2 is 1.23 bits per heavy atom. The molecule has 0 aromatic heterocycles. The molecule has 0 saturated heterocycles. The van der Waals surface area contributed by atoms with Gasteiger partial charge in [-0.2, -0.15) is 0 Å². The number of benzene rings is 3. The Kier molecular flexibility index (Phi) is 5.37. The van der Waals surface area contributed by atoms with Crippen LogP contribution in [0.3, 0.4) is 0 Å². The third-order valence-electron chi connectivity index (χ3n) is 4.44. The minimum absolute atomic E-state index is 0.0279. The van der Waals surface area contributed by atoms with E-state index in [9.17, 15) is 4.79 Å². The number of hydrogen-bond acceptors (Lipinski definition) is 3. The van der Waals surface area contributed by atoms with Crippen LogP contribution in [0.4, 0.5) is 5.69 Å². The summed E-state index contributed by atoms with van der Waals surface area (Å²) in [5.41, 5.74) is 6.34. The summed E-state index contributed by atoms with van der Waals surface area (Å²) in [6.45, 7) is 4.17. The van der Waals surface area contributed by atoms with Crippen molar-refractivity contribution in [1.82, 2.24) is 0 Å². The van der Waals surface area contributed by atoms with Crippen molar-refractivity contribution >= 4 is 11.7 Å². The van der Waals surface area contributed by atoms with E-state index in [1.807, 2.05) is 12.1 Å². The van der Waals surface area contributed by atoms with E-state index in [4.69, 9.17) is 4.74 Å². The van der Waals surface area contributed by atoms with Gasteiger partial charge in [0.15, 0.2) is 0 Å². The predicted molar refractivity (Wildman–Crippen MR) is 106 cm³/mol. The Bertz CT molecular complexity index is 820. The number of ether oxygens (including phenoxy) is 1. The fourth-order valence-corrected chi connectivity index (χ4v) is 2.86. The molecule has 0 amide bonds. The van der Waals surface area contributed by atoms with E-state index in [2.05, 4.69) is 67.7 Å². The molecule has 0 unspecified atom stereocenters. The molecule has 0 radical (unpaired) electrons. The molecule has 0 spiro atoms. The second kappa shape index (κ2) is 7.87. The molecule has 0 saturated carbocycles. The van der Waals surface area contributed by atoms with Crippen LogP contribution in [0.1, 0.15) is 38.7 Å². The van der Waals surface area contributed by atoms with Crippen LogP contribution in [0.15, 0.2) is 72.8 Å². The number of carbonyl (C=O) groups excluding carboxylic acids is 1. The zero-order valence-electron chi connectivity index (χ0n) is 15.3. The Morgan fingerprint density at radius 1 is 0.769 bits per heavy atom. The molecule has 1 N–H and O–H groups in total. The van der Waals surface area contributed by atoms with Crippen molar-refractivity contribution in [3.05, 3.63) is 101 Å². The van der Waals surface area contributed by atoms with Crippen LogP contribution in [-0.4, -0.2) is 13.1 Å². The standard InChI is InChI=1S/C23H23NO2/c1-16-4-8-18(9-5-16)22(19-10-6-17(2)7-11-19)24-21-14-12-20(13-15-21)23(25)26-3/h4-15,22,24H,1-3H3. The lowest BCUT2D eigenvalue weighted by Gasteiger charge is -2.22. The molecule has 26 heavy (non-hydrogen) atoms. The van der Waals surface area contributed by atoms with Gasteiger partial charge < -0.3 is 10.1 Å². The van der Waals surface area contributed by atoms with Crippen LogP contribution < -0.4 is 5.32 Å². The third kappa shape index (κ3) is 4.12. The highest BCUT2D eigenvalue weighted by Crippen LogP contribution is 2.27. The van der Waals surface area contributed by atoms with Gasteiger partial charge in [0.1, 0.15) is 0 Å². The molecule has 0 aliphatic heterocycles. The fraction of sp³-hybridized carbons (Fsp3) is 0.174. The molecule has 0 fully saturated rings. The minimum Gasteiger partial charge on any atom is -0.465 e. The van der Waals surface area contributed by atoms with Crippen LogP contribution in [0.5, 0.6) is 0 Å². The lowest BCUT2D eigenvalue weighted by atomic mass is 9.96. The van der Waals surface area contributed by atoms with Gasteiger partial charge in [-0.05, 0) is 49.2 Å². The molecule has 0 aliphatic rings. The number of esters is 1. The topological polar surface area (TPSA) is 38.3 Å². The zero-order valence-corrected chi connectivity index (χ0v) is 15.3. The van der Waals surface area contributed by atoms with Crippen molar-refractivity contribution in [2.24, 2.45) is 0 Å². The van der Waals surface area contributed by atoms with Crippen LogP contribution in [0.2, 0.25) is 0 Å². The van der Waals surface area contributed by atoms with Gasteiger partial charge in [0.2, 0.25) is 0 Å². The molecule has 3 heteroatoms. The number of methoxy groups -OCH3 is 1. The highest BCUT2D eigenvalue weighted by atomic mass is 16.5. The first-order valence-electron chi connectivity index (χ1n) is 8.65. The summed E-state index contributed by atoms with van der Waals surface area (Å²) >= 11 is 0. The normalized spacial score (nSPS) is 10.6. The summed E-state index contributed by atoms with van der Waals surface area (Å²) in [6, 6.07) is 24.5. The highest BCUT2D eigenvalue weighted by Gasteiger charge is 2.14. The average Bonchev–Trinajstić information content (AvgIpc) is 2.67. The zero-order chi connectivity index (χ0) is 18.5. The third-order valence-corrected chi connectivity index (χ3v) is 4.44. The van der Waals surface area contributed by atoms with E-state index in [-0.39, 0.29) is 12.0 Å². The van der Waals surface area contributed by atoms with Gasteiger partial charge in [0, 0.05) is 5.69 Å². The first-order chi connectivity index (χ1) is 12.6. The van der Waals surface area contributed by atoms with Crippen LogP contribution in [0.25, 0.3) is 0 Å². The second-order valence-corrected chi connectivity index (χ2v) is 6.47. The maximum atomic E-state index is 11.6. The largest absolute Gasteiger partial charge is 0.465 e. The van der Waals surface area contributed by atoms with E-state index in [0.29, 0.717) is 5.56 Å². The van der Waals surface area contributed by atoms with E-state index < -0.39 is 0 Å². The smallest absolute Gasteiger partial charge is 0.337 e.